The summed E-state index contributed by atoms with van der Waals surface area (Å²) in [6.45, 7) is 0. The maximum atomic E-state index is 5.44. The molecule has 0 aliphatic carbocycles. The van der Waals surface area contributed by atoms with E-state index in [9.17, 15) is 0 Å². The van der Waals surface area contributed by atoms with E-state index < -0.39 is 0 Å². The zero-order valence-electron chi connectivity index (χ0n) is 15.5. The van der Waals surface area contributed by atoms with Gasteiger partial charge in [0, 0.05) is 30.9 Å². The number of benzene rings is 2. The average Bonchev–Trinajstić information content (AvgIpc) is 3.16. The molecule has 0 radical (unpaired) electrons. The maximum Gasteiger partial charge on any atom is 0.203 e. The summed E-state index contributed by atoms with van der Waals surface area (Å²) in [5.74, 6) is 1.68. The molecular formula is C19H22N4O3. The summed E-state index contributed by atoms with van der Waals surface area (Å²) in [5.41, 5.74) is 4.46. The van der Waals surface area contributed by atoms with Crippen molar-refractivity contribution in [1.29, 1.82) is 0 Å². The standard InChI is InChI=1S/C19H22N4O3/c1-23(2)14-8-6-12(7-9-14)17-18(21-22-20-17)13-10-15(24-3)19(26-5)16(11-13)25-4/h6-11H,1-5H3,(H,20,21,22). The molecule has 136 valence electrons. The summed E-state index contributed by atoms with van der Waals surface area (Å²) in [4.78, 5) is 2.05. The molecule has 7 heteroatoms. The van der Waals surface area contributed by atoms with E-state index in [1.54, 1.807) is 21.3 Å². The summed E-state index contributed by atoms with van der Waals surface area (Å²) >= 11 is 0. The summed E-state index contributed by atoms with van der Waals surface area (Å²) < 4.78 is 16.3. The zero-order chi connectivity index (χ0) is 18.7. The third kappa shape index (κ3) is 3.15. The fraction of sp³-hybridized carbons (Fsp3) is 0.263. The minimum atomic E-state index is 0.541. The van der Waals surface area contributed by atoms with E-state index in [0.717, 1.165) is 22.5 Å². The van der Waals surface area contributed by atoms with Crippen LogP contribution in [0.5, 0.6) is 17.2 Å². The Morgan fingerprint density at radius 2 is 1.46 bits per heavy atom. The highest BCUT2D eigenvalue weighted by Gasteiger charge is 2.18. The molecule has 2 aromatic carbocycles. The van der Waals surface area contributed by atoms with Gasteiger partial charge in [0.25, 0.3) is 0 Å². The molecule has 0 saturated carbocycles. The van der Waals surface area contributed by atoms with E-state index in [-0.39, 0.29) is 0 Å². The van der Waals surface area contributed by atoms with Gasteiger partial charge in [0.15, 0.2) is 11.5 Å². The van der Waals surface area contributed by atoms with Crippen molar-refractivity contribution in [3.8, 4) is 39.8 Å². The van der Waals surface area contributed by atoms with Crippen LogP contribution >= 0.6 is 0 Å². The third-order valence-corrected chi connectivity index (χ3v) is 4.16. The Balaban J connectivity index is 2.08. The molecule has 1 N–H and O–H groups in total. The number of aromatic amines is 1. The number of rotatable bonds is 6. The SMILES string of the molecule is COc1cc(-c2nn[nH]c2-c2ccc(N(C)C)cc2)cc(OC)c1OC. The molecule has 0 amide bonds. The summed E-state index contributed by atoms with van der Waals surface area (Å²) in [6, 6.07) is 11.9. The molecule has 1 heterocycles. The van der Waals surface area contributed by atoms with Crippen LogP contribution in [0, 0.1) is 0 Å². The van der Waals surface area contributed by atoms with Gasteiger partial charge in [-0.05, 0) is 24.3 Å². The van der Waals surface area contributed by atoms with Crippen molar-refractivity contribution in [3.63, 3.8) is 0 Å². The van der Waals surface area contributed by atoms with Crippen LogP contribution in [-0.2, 0) is 0 Å². The number of nitrogens with zero attached hydrogens (tertiary/aromatic N) is 3. The molecule has 3 rings (SSSR count). The minimum Gasteiger partial charge on any atom is -0.493 e. The number of hydrogen-bond donors (Lipinski definition) is 1. The summed E-state index contributed by atoms with van der Waals surface area (Å²) in [5, 5.41) is 11.2. The first-order valence-electron chi connectivity index (χ1n) is 8.08. The van der Waals surface area contributed by atoms with Crippen LogP contribution in [0.25, 0.3) is 22.5 Å². The zero-order valence-corrected chi connectivity index (χ0v) is 15.5. The highest BCUT2D eigenvalue weighted by Crippen LogP contribution is 2.42. The number of H-pyrrole nitrogens is 1. The Kier molecular flexibility index (Phi) is 4.97. The molecule has 7 nitrogen and oxygen atoms in total. The van der Waals surface area contributed by atoms with Gasteiger partial charge in [-0.15, -0.1) is 5.10 Å². The predicted molar refractivity (Wildman–Crippen MR) is 101 cm³/mol. The van der Waals surface area contributed by atoms with Crippen molar-refractivity contribution in [2.24, 2.45) is 0 Å². The molecule has 0 fully saturated rings. The van der Waals surface area contributed by atoms with E-state index in [0.29, 0.717) is 22.9 Å². The second-order valence-electron chi connectivity index (χ2n) is 5.89. The molecule has 0 saturated heterocycles. The largest absolute Gasteiger partial charge is 0.493 e. The summed E-state index contributed by atoms with van der Waals surface area (Å²) in [7, 11) is 8.77. The molecule has 0 spiro atoms. The molecule has 0 aliphatic rings. The second-order valence-corrected chi connectivity index (χ2v) is 5.89. The number of methoxy groups -OCH3 is 3. The van der Waals surface area contributed by atoms with Gasteiger partial charge in [-0.1, -0.05) is 17.3 Å². The Bertz CT molecular complexity index is 863. The van der Waals surface area contributed by atoms with E-state index in [1.807, 2.05) is 38.4 Å². The highest BCUT2D eigenvalue weighted by atomic mass is 16.5. The van der Waals surface area contributed by atoms with E-state index in [1.165, 1.54) is 0 Å². The van der Waals surface area contributed by atoms with Gasteiger partial charge in [0.05, 0.1) is 27.0 Å². The lowest BCUT2D eigenvalue weighted by Gasteiger charge is -2.14. The van der Waals surface area contributed by atoms with Gasteiger partial charge in [0.1, 0.15) is 5.69 Å². The van der Waals surface area contributed by atoms with Crippen LogP contribution in [0.3, 0.4) is 0 Å². The number of hydrogen-bond acceptors (Lipinski definition) is 6. The van der Waals surface area contributed by atoms with Crippen LogP contribution in [0.2, 0.25) is 0 Å². The fourth-order valence-corrected chi connectivity index (χ4v) is 2.78. The molecule has 26 heavy (non-hydrogen) atoms. The van der Waals surface area contributed by atoms with Crippen molar-refractivity contribution in [1.82, 2.24) is 15.4 Å². The van der Waals surface area contributed by atoms with Crippen molar-refractivity contribution >= 4 is 5.69 Å². The first-order valence-corrected chi connectivity index (χ1v) is 8.08. The Hall–Kier alpha value is -3.22. The molecule has 1 aromatic heterocycles. The summed E-state index contributed by atoms with van der Waals surface area (Å²) in [6.07, 6.45) is 0. The fourth-order valence-electron chi connectivity index (χ4n) is 2.78. The van der Waals surface area contributed by atoms with E-state index >= 15 is 0 Å². The second kappa shape index (κ2) is 7.35. The van der Waals surface area contributed by atoms with Crippen LogP contribution in [-0.4, -0.2) is 50.8 Å². The molecule has 0 unspecified atom stereocenters. The van der Waals surface area contributed by atoms with Crippen LogP contribution in [0.1, 0.15) is 0 Å². The lowest BCUT2D eigenvalue weighted by molar-refractivity contribution is 0.324. The first kappa shape index (κ1) is 17.6. The molecule has 0 atom stereocenters. The van der Waals surface area contributed by atoms with Gasteiger partial charge in [0.2, 0.25) is 5.75 Å². The van der Waals surface area contributed by atoms with Gasteiger partial charge in [-0.3, -0.25) is 5.10 Å². The van der Waals surface area contributed by atoms with Gasteiger partial charge in [-0.2, -0.15) is 0 Å². The monoisotopic (exact) mass is 354 g/mol. The molecular weight excluding hydrogens is 332 g/mol. The van der Waals surface area contributed by atoms with Crippen molar-refractivity contribution in [3.05, 3.63) is 36.4 Å². The number of anilines is 1. The van der Waals surface area contributed by atoms with Gasteiger partial charge < -0.3 is 19.1 Å². The smallest absolute Gasteiger partial charge is 0.203 e. The average molecular weight is 354 g/mol. The van der Waals surface area contributed by atoms with Gasteiger partial charge >= 0.3 is 0 Å². The lowest BCUT2D eigenvalue weighted by Crippen LogP contribution is -2.07. The third-order valence-electron chi connectivity index (χ3n) is 4.16. The van der Waals surface area contributed by atoms with Crippen molar-refractivity contribution in [2.75, 3.05) is 40.3 Å². The lowest BCUT2D eigenvalue weighted by atomic mass is 10.0. The van der Waals surface area contributed by atoms with Crippen LogP contribution in [0.15, 0.2) is 36.4 Å². The minimum absolute atomic E-state index is 0.541. The van der Waals surface area contributed by atoms with Crippen molar-refractivity contribution < 1.29 is 14.2 Å². The van der Waals surface area contributed by atoms with Gasteiger partial charge in [-0.25, -0.2) is 0 Å². The normalized spacial score (nSPS) is 10.5. The number of nitrogens with one attached hydrogen (secondary N) is 1. The topological polar surface area (TPSA) is 72.5 Å². The Morgan fingerprint density at radius 3 is 1.96 bits per heavy atom. The number of aromatic nitrogens is 3. The Morgan fingerprint density at radius 1 is 0.846 bits per heavy atom. The Labute approximate surface area is 152 Å². The molecule has 0 aliphatic heterocycles. The van der Waals surface area contributed by atoms with Crippen LogP contribution in [0.4, 0.5) is 5.69 Å². The van der Waals surface area contributed by atoms with Crippen molar-refractivity contribution in [2.45, 2.75) is 0 Å². The van der Waals surface area contributed by atoms with Crippen LogP contribution < -0.4 is 19.1 Å². The number of ether oxygens (including phenoxy) is 3. The highest BCUT2D eigenvalue weighted by molar-refractivity contribution is 5.80. The maximum absolute atomic E-state index is 5.44. The predicted octanol–water partition coefficient (Wildman–Crippen LogP) is 3.23. The quantitative estimate of drug-likeness (QED) is 0.733. The van der Waals surface area contributed by atoms with E-state index in [4.69, 9.17) is 14.2 Å². The van der Waals surface area contributed by atoms with E-state index in [2.05, 4.69) is 32.4 Å². The first-order chi connectivity index (χ1) is 12.6. The molecule has 3 aromatic rings. The molecule has 0 bridgehead atoms.